The van der Waals surface area contributed by atoms with Gasteiger partial charge < -0.3 is 10.2 Å². The Hall–Kier alpha value is -1.22. The molecule has 0 aromatic heterocycles. The Balaban J connectivity index is 2.24. The van der Waals surface area contributed by atoms with Crippen LogP contribution in [0.3, 0.4) is 0 Å². The van der Waals surface area contributed by atoms with Gasteiger partial charge in [0.2, 0.25) is 0 Å². The van der Waals surface area contributed by atoms with E-state index >= 15 is 0 Å². The number of nitrogens with zero attached hydrogens (tertiary/aromatic N) is 1. The van der Waals surface area contributed by atoms with Crippen molar-refractivity contribution in [3.63, 3.8) is 0 Å². The van der Waals surface area contributed by atoms with Crippen LogP contribution in [0, 0.1) is 5.92 Å². The molecule has 1 N–H and O–H groups in total. The Morgan fingerprint density at radius 3 is 2.71 bits per heavy atom. The molecule has 0 radical (unpaired) electrons. The van der Waals surface area contributed by atoms with Crippen molar-refractivity contribution >= 4 is 23.2 Å². The van der Waals surface area contributed by atoms with E-state index in [0.717, 1.165) is 38.0 Å². The highest BCUT2D eigenvalue weighted by molar-refractivity contribution is 6.31. The van der Waals surface area contributed by atoms with Crippen molar-refractivity contribution in [3.05, 3.63) is 28.8 Å². The summed E-state index contributed by atoms with van der Waals surface area (Å²) in [5.41, 5.74) is 1.59. The van der Waals surface area contributed by atoms with Crippen LogP contribution in [0.2, 0.25) is 5.02 Å². The third-order valence-electron chi connectivity index (χ3n) is 3.59. The highest BCUT2D eigenvalue weighted by Crippen LogP contribution is 2.31. The first-order valence-electron chi connectivity index (χ1n) is 7.87. The molecular weight excluding hydrogens is 284 g/mol. The van der Waals surface area contributed by atoms with E-state index < -0.39 is 0 Å². The third-order valence-corrected chi connectivity index (χ3v) is 3.82. The highest BCUT2D eigenvalue weighted by Gasteiger charge is 2.34. The van der Waals surface area contributed by atoms with Crippen molar-refractivity contribution in [1.82, 2.24) is 4.90 Å². The maximum atomic E-state index is 12.9. The molecule has 1 aliphatic rings. The maximum absolute atomic E-state index is 12.9. The number of carbonyl (C=O) groups excluding carboxylic acids is 1. The van der Waals surface area contributed by atoms with Gasteiger partial charge >= 0.3 is 0 Å². The number of amides is 1. The van der Waals surface area contributed by atoms with E-state index in [1.807, 2.05) is 17.0 Å². The van der Waals surface area contributed by atoms with Gasteiger partial charge in [-0.15, -0.1) is 0 Å². The average Bonchev–Trinajstić information content (AvgIpc) is 3.27. The molecular formula is C17H25ClN2O. The smallest absolute Gasteiger partial charge is 0.256 e. The van der Waals surface area contributed by atoms with Crippen molar-refractivity contribution in [2.24, 2.45) is 5.92 Å². The number of hydrogen-bond donors (Lipinski definition) is 1. The first kappa shape index (κ1) is 16.2. The number of hydrogen-bond acceptors (Lipinski definition) is 2. The normalized spacial score (nSPS) is 14.3. The molecule has 1 aromatic rings. The summed E-state index contributed by atoms with van der Waals surface area (Å²) >= 11 is 6.10. The maximum Gasteiger partial charge on any atom is 0.256 e. The average molecular weight is 309 g/mol. The number of anilines is 1. The second-order valence-electron chi connectivity index (χ2n) is 6.20. The van der Waals surface area contributed by atoms with Gasteiger partial charge in [0.05, 0.1) is 5.56 Å². The molecule has 1 aliphatic carbocycles. The van der Waals surface area contributed by atoms with Gasteiger partial charge in [-0.1, -0.05) is 32.4 Å². The number of rotatable bonds is 7. The monoisotopic (exact) mass is 308 g/mol. The SMILES string of the molecule is CCCNc1ccc(Cl)cc1C(=O)N(CC(C)C)C1CC1. The molecule has 1 fully saturated rings. The fraction of sp³-hybridized carbons (Fsp3) is 0.588. The predicted octanol–water partition coefficient (Wildman–Crippen LogP) is 4.42. The lowest BCUT2D eigenvalue weighted by Crippen LogP contribution is -2.36. The van der Waals surface area contributed by atoms with Crippen molar-refractivity contribution in [2.45, 2.75) is 46.1 Å². The Labute approximate surface area is 132 Å². The van der Waals surface area contributed by atoms with Crippen molar-refractivity contribution in [1.29, 1.82) is 0 Å². The zero-order valence-electron chi connectivity index (χ0n) is 13.2. The Bertz CT molecular complexity index is 498. The molecule has 0 unspecified atom stereocenters. The second kappa shape index (κ2) is 7.17. The molecule has 0 spiro atoms. The fourth-order valence-electron chi connectivity index (χ4n) is 2.44. The number of carbonyl (C=O) groups is 1. The van der Waals surface area contributed by atoms with Gasteiger partial charge in [-0.25, -0.2) is 0 Å². The topological polar surface area (TPSA) is 32.3 Å². The molecule has 0 bridgehead atoms. The predicted molar refractivity (Wildman–Crippen MR) is 89.1 cm³/mol. The van der Waals surface area contributed by atoms with Gasteiger partial charge in [0.1, 0.15) is 0 Å². The third kappa shape index (κ3) is 4.37. The zero-order valence-corrected chi connectivity index (χ0v) is 13.9. The lowest BCUT2D eigenvalue weighted by molar-refractivity contribution is 0.0723. The molecule has 2 rings (SSSR count). The van der Waals surface area contributed by atoms with Crippen LogP contribution in [-0.4, -0.2) is 29.9 Å². The summed E-state index contributed by atoms with van der Waals surface area (Å²) in [5, 5.41) is 3.94. The molecule has 1 aromatic carbocycles. The van der Waals surface area contributed by atoms with Crippen LogP contribution in [0.5, 0.6) is 0 Å². The van der Waals surface area contributed by atoms with Crippen LogP contribution in [0.4, 0.5) is 5.69 Å². The molecule has 0 saturated heterocycles. The summed E-state index contributed by atoms with van der Waals surface area (Å²) in [4.78, 5) is 14.9. The summed E-state index contributed by atoms with van der Waals surface area (Å²) in [5.74, 6) is 0.577. The lowest BCUT2D eigenvalue weighted by atomic mass is 10.1. The zero-order chi connectivity index (χ0) is 15.4. The van der Waals surface area contributed by atoms with E-state index in [4.69, 9.17) is 11.6 Å². The molecule has 0 heterocycles. The van der Waals surface area contributed by atoms with E-state index in [1.165, 1.54) is 0 Å². The van der Waals surface area contributed by atoms with Gasteiger partial charge in [0.25, 0.3) is 5.91 Å². The van der Waals surface area contributed by atoms with Gasteiger partial charge in [0, 0.05) is 29.8 Å². The summed E-state index contributed by atoms with van der Waals surface area (Å²) in [6, 6.07) is 5.95. The minimum atomic E-state index is 0.104. The molecule has 1 amide bonds. The first-order valence-corrected chi connectivity index (χ1v) is 8.25. The van der Waals surface area contributed by atoms with Crippen molar-refractivity contribution in [3.8, 4) is 0 Å². The Morgan fingerprint density at radius 1 is 1.43 bits per heavy atom. The molecule has 1 saturated carbocycles. The molecule has 0 aliphatic heterocycles. The van der Waals surface area contributed by atoms with Gasteiger partial charge in [-0.2, -0.15) is 0 Å². The highest BCUT2D eigenvalue weighted by atomic mass is 35.5. The van der Waals surface area contributed by atoms with Crippen LogP contribution in [0.25, 0.3) is 0 Å². The van der Waals surface area contributed by atoms with E-state index in [2.05, 4.69) is 26.1 Å². The number of benzene rings is 1. The first-order chi connectivity index (χ1) is 10.0. The van der Waals surface area contributed by atoms with Crippen LogP contribution >= 0.6 is 11.6 Å². The van der Waals surface area contributed by atoms with E-state index in [0.29, 0.717) is 22.5 Å². The summed E-state index contributed by atoms with van der Waals surface area (Å²) in [6.45, 7) is 8.08. The quantitative estimate of drug-likeness (QED) is 0.808. The standard InChI is InChI=1S/C17H25ClN2O/c1-4-9-19-16-8-5-13(18)10-15(16)17(21)20(11-12(2)3)14-6-7-14/h5,8,10,12,14,19H,4,6-7,9,11H2,1-3H3. The lowest BCUT2D eigenvalue weighted by Gasteiger charge is -2.26. The molecule has 4 heteroatoms. The van der Waals surface area contributed by atoms with Crippen LogP contribution in [-0.2, 0) is 0 Å². The molecule has 116 valence electrons. The van der Waals surface area contributed by atoms with E-state index in [-0.39, 0.29) is 5.91 Å². The molecule has 0 atom stereocenters. The number of halogens is 1. The fourth-order valence-corrected chi connectivity index (χ4v) is 2.61. The van der Waals surface area contributed by atoms with E-state index in [9.17, 15) is 4.79 Å². The van der Waals surface area contributed by atoms with Crippen molar-refractivity contribution in [2.75, 3.05) is 18.4 Å². The summed E-state index contributed by atoms with van der Waals surface area (Å²) < 4.78 is 0. The van der Waals surface area contributed by atoms with Crippen LogP contribution in [0.15, 0.2) is 18.2 Å². The number of nitrogens with one attached hydrogen (secondary N) is 1. The van der Waals surface area contributed by atoms with Gasteiger partial charge in [-0.05, 0) is 43.4 Å². The van der Waals surface area contributed by atoms with Gasteiger partial charge in [0.15, 0.2) is 0 Å². The summed E-state index contributed by atoms with van der Waals surface area (Å²) in [6.07, 6.45) is 3.27. The Kier molecular flexibility index (Phi) is 5.51. The van der Waals surface area contributed by atoms with Gasteiger partial charge in [-0.3, -0.25) is 4.79 Å². The Morgan fingerprint density at radius 2 is 2.14 bits per heavy atom. The minimum Gasteiger partial charge on any atom is -0.384 e. The van der Waals surface area contributed by atoms with Crippen molar-refractivity contribution < 1.29 is 4.79 Å². The summed E-state index contributed by atoms with van der Waals surface area (Å²) in [7, 11) is 0. The minimum absolute atomic E-state index is 0.104. The van der Waals surface area contributed by atoms with E-state index in [1.54, 1.807) is 6.07 Å². The second-order valence-corrected chi connectivity index (χ2v) is 6.64. The largest absolute Gasteiger partial charge is 0.384 e. The molecule has 21 heavy (non-hydrogen) atoms. The van der Waals surface area contributed by atoms with Crippen LogP contribution < -0.4 is 5.32 Å². The molecule has 3 nitrogen and oxygen atoms in total. The van der Waals surface area contributed by atoms with Crippen LogP contribution in [0.1, 0.15) is 50.4 Å².